The first-order chi connectivity index (χ1) is 8.70. The van der Waals surface area contributed by atoms with E-state index in [1.807, 2.05) is 24.3 Å². The van der Waals surface area contributed by atoms with Gasteiger partial charge in [-0.15, -0.1) is 0 Å². The number of piperidine rings is 1. The first-order valence-electron chi connectivity index (χ1n) is 6.62. The van der Waals surface area contributed by atoms with Gasteiger partial charge in [0.25, 0.3) is 0 Å². The van der Waals surface area contributed by atoms with Crippen molar-refractivity contribution < 1.29 is 0 Å². The van der Waals surface area contributed by atoms with E-state index in [-0.39, 0.29) is 0 Å². The lowest BCUT2D eigenvalue weighted by atomic mass is 9.98. The van der Waals surface area contributed by atoms with Crippen LogP contribution in [-0.2, 0) is 6.54 Å². The van der Waals surface area contributed by atoms with Crippen LogP contribution in [-0.4, -0.2) is 30.6 Å². The van der Waals surface area contributed by atoms with Crippen LogP contribution in [0, 0.1) is 11.3 Å². The van der Waals surface area contributed by atoms with Gasteiger partial charge in [-0.3, -0.25) is 0 Å². The summed E-state index contributed by atoms with van der Waals surface area (Å²) >= 11 is 0. The standard InChI is InChI=1S/C15H21N3/c1-12-9-15(7-8-18(12)2)17-11-14-6-4-3-5-13(14)10-16/h3-6,12,15,17H,7-9,11H2,1-2H3. The fraction of sp³-hybridized carbons (Fsp3) is 0.533. The van der Waals surface area contributed by atoms with E-state index in [9.17, 15) is 0 Å². The molecule has 1 aliphatic rings. The van der Waals surface area contributed by atoms with E-state index in [2.05, 4.69) is 30.3 Å². The van der Waals surface area contributed by atoms with Gasteiger partial charge in [0.1, 0.15) is 0 Å². The number of nitrogens with one attached hydrogen (secondary N) is 1. The third-order valence-electron chi connectivity index (χ3n) is 3.93. The average Bonchev–Trinajstić information content (AvgIpc) is 2.40. The van der Waals surface area contributed by atoms with Crippen LogP contribution in [0.4, 0.5) is 0 Å². The number of nitriles is 1. The Bertz CT molecular complexity index is 436. The molecule has 0 bridgehead atoms. The molecule has 18 heavy (non-hydrogen) atoms. The molecule has 2 unspecified atom stereocenters. The van der Waals surface area contributed by atoms with E-state index >= 15 is 0 Å². The maximum Gasteiger partial charge on any atom is 0.0995 e. The molecule has 0 saturated carbocycles. The molecule has 1 aromatic carbocycles. The van der Waals surface area contributed by atoms with Crippen LogP contribution in [0.2, 0.25) is 0 Å². The Balaban J connectivity index is 1.90. The maximum atomic E-state index is 9.05. The van der Waals surface area contributed by atoms with Crippen LogP contribution in [0.5, 0.6) is 0 Å². The zero-order valence-corrected chi connectivity index (χ0v) is 11.2. The molecule has 3 heteroatoms. The number of nitrogens with zero attached hydrogens (tertiary/aromatic N) is 2. The molecular formula is C15H21N3. The number of hydrogen-bond donors (Lipinski definition) is 1. The van der Waals surface area contributed by atoms with Gasteiger partial charge in [-0.25, -0.2) is 0 Å². The number of rotatable bonds is 3. The van der Waals surface area contributed by atoms with Crippen LogP contribution in [0.15, 0.2) is 24.3 Å². The third kappa shape index (κ3) is 3.10. The predicted octanol–water partition coefficient (Wildman–Crippen LogP) is 2.13. The lowest BCUT2D eigenvalue weighted by Crippen LogP contribution is -2.45. The summed E-state index contributed by atoms with van der Waals surface area (Å²) in [5, 5.41) is 12.6. The summed E-state index contributed by atoms with van der Waals surface area (Å²) < 4.78 is 0. The summed E-state index contributed by atoms with van der Waals surface area (Å²) in [6.45, 7) is 4.22. The average molecular weight is 243 g/mol. The highest BCUT2D eigenvalue weighted by Gasteiger charge is 2.22. The van der Waals surface area contributed by atoms with Crippen LogP contribution in [0.1, 0.15) is 30.9 Å². The van der Waals surface area contributed by atoms with E-state index in [1.54, 1.807) is 0 Å². The second-order valence-corrected chi connectivity index (χ2v) is 5.20. The van der Waals surface area contributed by atoms with Crippen molar-refractivity contribution in [2.45, 2.75) is 38.4 Å². The van der Waals surface area contributed by atoms with Crippen molar-refractivity contribution in [1.82, 2.24) is 10.2 Å². The minimum atomic E-state index is 0.572. The van der Waals surface area contributed by atoms with E-state index in [0.717, 1.165) is 24.2 Å². The molecule has 0 radical (unpaired) electrons. The minimum Gasteiger partial charge on any atom is -0.310 e. The fourth-order valence-electron chi connectivity index (χ4n) is 2.51. The topological polar surface area (TPSA) is 39.1 Å². The van der Waals surface area contributed by atoms with Gasteiger partial charge in [0.15, 0.2) is 0 Å². The highest BCUT2D eigenvalue weighted by atomic mass is 15.1. The van der Waals surface area contributed by atoms with Gasteiger partial charge < -0.3 is 10.2 Å². The molecule has 0 aliphatic carbocycles. The predicted molar refractivity (Wildman–Crippen MR) is 73.1 cm³/mol. The lowest BCUT2D eigenvalue weighted by molar-refractivity contribution is 0.168. The molecule has 1 N–H and O–H groups in total. The molecule has 1 saturated heterocycles. The van der Waals surface area contributed by atoms with Crippen LogP contribution < -0.4 is 5.32 Å². The molecule has 0 aromatic heterocycles. The van der Waals surface area contributed by atoms with Crippen molar-refractivity contribution in [1.29, 1.82) is 5.26 Å². The smallest absolute Gasteiger partial charge is 0.0995 e. The summed E-state index contributed by atoms with van der Waals surface area (Å²) in [4.78, 5) is 2.40. The van der Waals surface area contributed by atoms with Gasteiger partial charge in [-0.1, -0.05) is 18.2 Å². The van der Waals surface area contributed by atoms with Gasteiger partial charge in [0.2, 0.25) is 0 Å². The van der Waals surface area contributed by atoms with Crippen LogP contribution in [0.25, 0.3) is 0 Å². The zero-order valence-electron chi connectivity index (χ0n) is 11.2. The Morgan fingerprint density at radius 3 is 2.94 bits per heavy atom. The Morgan fingerprint density at radius 1 is 1.44 bits per heavy atom. The van der Waals surface area contributed by atoms with Gasteiger partial charge >= 0.3 is 0 Å². The van der Waals surface area contributed by atoms with Gasteiger partial charge in [-0.05, 0) is 45.0 Å². The number of likely N-dealkylation sites (tertiary alicyclic amines) is 1. The monoisotopic (exact) mass is 243 g/mol. The number of hydrogen-bond acceptors (Lipinski definition) is 3. The van der Waals surface area contributed by atoms with E-state index in [4.69, 9.17) is 5.26 Å². The van der Waals surface area contributed by atoms with Crippen molar-refractivity contribution in [2.75, 3.05) is 13.6 Å². The molecule has 96 valence electrons. The highest BCUT2D eigenvalue weighted by Crippen LogP contribution is 2.16. The van der Waals surface area contributed by atoms with Crippen molar-refractivity contribution in [3.05, 3.63) is 35.4 Å². The van der Waals surface area contributed by atoms with Crippen molar-refractivity contribution in [3.8, 4) is 6.07 Å². The Morgan fingerprint density at radius 2 is 2.22 bits per heavy atom. The van der Waals surface area contributed by atoms with Gasteiger partial charge in [0.05, 0.1) is 11.6 Å². The molecule has 1 aliphatic heterocycles. The normalized spacial score (nSPS) is 24.7. The molecular weight excluding hydrogens is 222 g/mol. The maximum absolute atomic E-state index is 9.05. The van der Waals surface area contributed by atoms with Gasteiger partial charge in [0, 0.05) is 18.6 Å². The van der Waals surface area contributed by atoms with Gasteiger partial charge in [-0.2, -0.15) is 5.26 Å². The van der Waals surface area contributed by atoms with Crippen LogP contribution >= 0.6 is 0 Å². The van der Waals surface area contributed by atoms with Crippen molar-refractivity contribution in [2.24, 2.45) is 0 Å². The largest absolute Gasteiger partial charge is 0.310 e. The summed E-state index contributed by atoms with van der Waals surface area (Å²) in [5.41, 5.74) is 1.89. The Labute approximate surface area is 109 Å². The fourth-order valence-corrected chi connectivity index (χ4v) is 2.51. The molecule has 2 rings (SSSR count). The Kier molecular flexibility index (Phi) is 4.35. The molecule has 1 aromatic rings. The van der Waals surface area contributed by atoms with Crippen molar-refractivity contribution >= 4 is 0 Å². The Hall–Kier alpha value is -1.37. The zero-order chi connectivity index (χ0) is 13.0. The third-order valence-corrected chi connectivity index (χ3v) is 3.93. The minimum absolute atomic E-state index is 0.572. The summed E-state index contributed by atoms with van der Waals surface area (Å²) in [5.74, 6) is 0. The SMILES string of the molecule is CC1CC(NCc2ccccc2C#N)CCN1C. The second-order valence-electron chi connectivity index (χ2n) is 5.20. The second kappa shape index (κ2) is 5.99. The van der Waals surface area contributed by atoms with Crippen molar-refractivity contribution in [3.63, 3.8) is 0 Å². The summed E-state index contributed by atoms with van der Waals surface area (Å²) in [6, 6.07) is 11.3. The molecule has 1 fully saturated rings. The van der Waals surface area contributed by atoms with E-state index in [1.165, 1.54) is 12.8 Å². The molecule has 0 spiro atoms. The summed E-state index contributed by atoms with van der Waals surface area (Å²) in [7, 11) is 2.19. The van der Waals surface area contributed by atoms with E-state index < -0.39 is 0 Å². The summed E-state index contributed by atoms with van der Waals surface area (Å²) in [6.07, 6.45) is 2.38. The first kappa shape index (κ1) is 13.1. The molecule has 3 nitrogen and oxygen atoms in total. The number of benzene rings is 1. The lowest BCUT2D eigenvalue weighted by Gasteiger charge is -2.35. The molecule has 0 amide bonds. The molecule has 1 heterocycles. The highest BCUT2D eigenvalue weighted by molar-refractivity contribution is 5.37. The quantitative estimate of drug-likeness (QED) is 0.884. The molecule has 2 atom stereocenters. The van der Waals surface area contributed by atoms with E-state index in [0.29, 0.717) is 12.1 Å². The van der Waals surface area contributed by atoms with Crippen LogP contribution in [0.3, 0.4) is 0 Å². The first-order valence-corrected chi connectivity index (χ1v) is 6.62.